The average Bonchev–Trinajstić information content (AvgIpc) is 2.59. The van der Waals surface area contributed by atoms with Crippen molar-refractivity contribution < 1.29 is 9.90 Å². The summed E-state index contributed by atoms with van der Waals surface area (Å²) in [6.07, 6.45) is 0.188. The molecule has 1 aromatic carbocycles. The summed E-state index contributed by atoms with van der Waals surface area (Å²) >= 11 is 5.10. The molecule has 0 saturated heterocycles. The van der Waals surface area contributed by atoms with Gasteiger partial charge in [0, 0.05) is 20.0 Å². The summed E-state index contributed by atoms with van der Waals surface area (Å²) in [6.45, 7) is 1.95. The first kappa shape index (κ1) is 11.6. The molecule has 0 spiro atoms. The molecule has 0 saturated carbocycles. The largest absolute Gasteiger partial charge is 0.481 e. The van der Waals surface area contributed by atoms with Gasteiger partial charge in [0.25, 0.3) is 0 Å². The lowest BCUT2D eigenvalue weighted by Gasteiger charge is -2.03. The van der Waals surface area contributed by atoms with Crippen molar-refractivity contribution in [3.63, 3.8) is 0 Å². The molecule has 0 amide bonds. The Labute approximate surface area is 106 Å². The maximum Gasteiger partial charge on any atom is 0.303 e. The molecule has 0 aliphatic carbocycles. The van der Waals surface area contributed by atoms with Crippen molar-refractivity contribution in [1.82, 2.24) is 0 Å². The molecule has 0 radical (unpaired) electrons. The van der Waals surface area contributed by atoms with Crippen LogP contribution >= 0.6 is 27.3 Å². The lowest BCUT2D eigenvalue weighted by molar-refractivity contribution is -0.137. The van der Waals surface area contributed by atoms with E-state index in [4.69, 9.17) is 5.11 Å². The molecule has 1 aromatic heterocycles. The van der Waals surface area contributed by atoms with E-state index in [1.807, 2.05) is 19.1 Å². The molecule has 0 aliphatic heterocycles. The van der Waals surface area contributed by atoms with Crippen LogP contribution in [0.4, 0.5) is 0 Å². The second-order valence-electron chi connectivity index (χ2n) is 3.83. The van der Waals surface area contributed by atoms with Crippen molar-refractivity contribution >= 4 is 43.3 Å². The normalized spacial score (nSPS) is 12.9. The van der Waals surface area contributed by atoms with Gasteiger partial charge in [-0.25, -0.2) is 0 Å². The maximum atomic E-state index is 10.6. The summed E-state index contributed by atoms with van der Waals surface area (Å²) in [4.78, 5) is 11.8. The number of carboxylic acid groups (broad SMARTS) is 1. The minimum atomic E-state index is -0.744. The van der Waals surface area contributed by atoms with Crippen LogP contribution in [-0.2, 0) is 4.79 Å². The lowest BCUT2D eigenvalue weighted by atomic mass is 10.1. The fourth-order valence-electron chi connectivity index (χ4n) is 1.63. The summed E-state index contributed by atoms with van der Waals surface area (Å²) in [5.41, 5.74) is 0. The van der Waals surface area contributed by atoms with Crippen LogP contribution < -0.4 is 0 Å². The van der Waals surface area contributed by atoms with Crippen molar-refractivity contribution in [2.75, 3.05) is 0 Å². The van der Waals surface area contributed by atoms with Crippen LogP contribution in [0, 0.1) is 0 Å². The Morgan fingerprint density at radius 2 is 2.25 bits per heavy atom. The highest BCUT2D eigenvalue weighted by Gasteiger charge is 2.13. The predicted octanol–water partition coefficient (Wildman–Crippen LogP) is 4.24. The van der Waals surface area contributed by atoms with Gasteiger partial charge in [0.1, 0.15) is 0 Å². The molecule has 2 aromatic rings. The van der Waals surface area contributed by atoms with E-state index >= 15 is 0 Å². The third kappa shape index (κ3) is 2.44. The number of aliphatic carboxylic acids is 1. The number of hydrogen-bond donors (Lipinski definition) is 1. The molecular weight excluding hydrogens is 288 g/mol. The van der Waals surface area contributed by atoms with Gasteiger partial charge in [-0.3, -0.25) is 4.79 Å². The smallest absolute Gasteiger partial charge is 0.303 e. The van der Waals surface area contributed by atoms with E-state index in [1.165, 1.54) is 10.1 Å². The van der Waals surface area contributed by atoms with E-state index in [0.717, 1.165) is 9.35 Å². The number of hydrogen-bond acceptors (Lipinski definition) is 2. The zero-order chi connectivity index (χ0) is 11.7. The van der Waals surface area contributed by atoms with Crippen LogP contribution in [0.5, 0.6) is 0 Å². The zero-order valence-corrected chi connectivity index (χ0v) is 11.1. The molecule has 84 valence electrons. The number of carboxylic acids is 1. The number of carbonyl (C=O) groups is 1. The molecule has 0 bridgehead atoms. The SMILES string of the molecule is CC(CC(=O)O)c1cc2ccc(Br)cc2s1. The average molecular weight is 299 g/mol. The monoisotopic (exact) mass is 298 g/mol. The summed E-state index contributed by atoms with van der Waals surface area (Å²) in [7, 11) is 0. The Balaban J connectivity index is 2.35. The van der Waals surface area contributed by atoms with Crippen LogP contribution in [0.2, 0.25) is 0 Å². The Morgan fingerprint density at radius 3 is 2.94 bits per heavy atom. The topological polar surface area (TPSA) is 37.3 Å². The van der Waals surface area contributed by atoms with Crippen LogP contribution in [0.1, 0.15) is 24.1 Å². The van der Waals surface area contributed by atoms with Gasteiger partial charge < -0.3 is 5.11 Å². The number of benzene rings is 1. The van der Waals surface area contributed by atoms with Gasteiger partial charge in [-0.05, 0) is 23.6 Å². The number of fused-ring (bicyclic) bond motifs is 1. The minimum absolute atomic E-state index is 0.0775. The maximum absolute atomic E-state index is 10.6. The van der Waals surface area contributed by atoms with E-state index in [-0.39, 0.29) is 12.3 Å². The summed E-state index contributed by atoms with van der Waals surface area (Å²) < 4.78 is 2.25. The van der Waals surface area contributed by atoms with Gasteiger partial charge in [-0.1, -0.05) is 28.9 Å². The van der Waals surface area contributed by atoms with E-state index in [1.54, 1.807) is 11.3 Å². The fourth-order valence-corrected chi connectivity index (χ4v) is 3.30. The van der Waals surface area contributed by atoms with Crippen molar-refractivity contribution in [2.24, 2.45) is 0 Å². The van der Waals surface area contributed by atoms with E-state index in [9.17, 15) is 4.79 Å². The lowest BCUT2D eigenvalue weighted by Crippen LogP contribution is -2.00. The molecule has 16 heavy (non-hydrogen) atoms. The second-order valence-corrected chi connectivity index (χ2v) is 5.86. The fraction of sp³-hybridized carbons (Fsp3) is 0.250. The Bertz CT molecular complexity index is 533. The van der Waals surface area contributed by atoms with Crippen molar-refractivity contribution in [2.45, 2.75) is 19.3 Å². The van der Waals surface area contributed by atoms with Crippen LogP contribution in [0.15, 0.2) is 28.7 Å². The van der Waals surface area contributed by atoms with E-state index in [0.29, 0.717) is 0 Å². The molecular formula is C12H11BrO2S. The minimum Gasteiger partial charge on any atom is -0.481 e. The first-order valence-electron chi connectivity index (χ1n) is 4.97. The van der Waals surface area contributed by atoms with Crippen molar-refractivity contribution in [3.8, 4) is 0 Å². The molecule has 1 N–H and O–H groups in total. The Hall–Kier alpha value is -0.870. The van der Waals surface area contributed by atoms with Crippen molar-refractivity contribution in [3.05, 3.63) is 33.6 Å². The predicted molar refractivity (Wildman–Crippen MR) is 70.2 cm³/mol. The standard InChI is InChI=1S/C12H11BrO2S/c1-7(4-12(14)15)10-5-8-2-3-9(13)6-11(8)16-10/h2-3,5-7H,4H2,1H3,(H,14,15). The molecule has 1 atom stereocenters. The highest BCUT2D eigenvalue weighted by atomic mass is 79.9. The Kier molecular flexibility index (Phi) is 3.30. The summed E-state index contributed by atoms with van der Waals surface area (Å²) in [6, 6.07) is 8.20. The molecule has 0 fully saturated rings. The molecule has 0 aliphatic rings. The highest BCUT2D eigenvalue weighted by Crippen LogP contribution is 2.33. The van der Waals surface area contributed by atoms with Gasteiger partial charge in [0.2, 0.25) is 0 Å². The van der Waals surface area contributed by atoms with Gasteiger partial charge in [0.15, 0.2) is 0 Å². The Morgan fingerprint density at radius 1 is 1.50 bits per heavy atom. The van der Waals surface area contributed by atoms with Gasteiger partial charge in [0.05, 0.1) is 6.42 Å². The summed E-state index contributed by atoms with van der Waals surface area (Å²) in [5, 5.41) is 9.94. The highest BCUT2D eigenvalue weighted by molar-refractivity contribution is 9.10. The first-order valence-corrected chi connectivity index (χ1v) is 6.58. The van der Waals surface area contributed by atoms with Gasteiger partial charge >= 0.3 is 5.97 Å². The molecule has 1 heterocycles. The number of thiophene rings is 1. The first-order chi connectivity index (χ1) is 7.56. The molecule has 2 nitrogen and oxygen atoms in total. The molecule has 2 rings (SSSR count). The van der Waals surface area contributed by atoms with Crippen LogP contribution in [-0.4, -0.2) is 11.1 Å². The number of halogens is 1. The van der Waals surface area contributed by atoms with Crippen LogP contribution in [0.25, 0.3) is 10.1 Å². The summed E-state index contributed by atoms with van der Waals surface area (Å²) in [5.74, 6) is -0.667. The zero-order valence-electron chi connectivity index (χ0n) is 8.74. The van der Waals surface area contributed by atoms with Gasteiger partial charge in [-0.2, -0.15) is 0 Å². The third-order valence-corrected chi connectivity index (χ3v) is 4.29. The third-order valence-electron chi connectivity index (χ3n) is 2.47. The van der Waals surface area contributed by atoms with Crippen LogP contribution in [0.3, 0.4) is 0 Å². The molecule has 1 unspecified atom stereocenters. The van der Waals surface area contributed by atoms with Crippen molar-refractivity contribution in [1.29, 1.82) is 0 Å². The van der Waals surface area contributed by atoms with E-state index < -0.39 is 5.97 Å². The molecule has 4 heteroatoms. The van der Waals surface area contributed by atoms with E-state index in [2.05, 4.69) is 28.1 Å². The quantitative estimate of drug-likeness (QED) is 0.920. The second kappa shape index (κ2) is 4.55. The van der Waals surface area contributed by atoms with Gasteiger partial charge in [-0.15, -0.1) is 11.3 Å². The number of rotatable bonds is 3.